The fraction of sp³-hybridized carbons (Fsp3) is 0.455. The lowest BCUT2D eigenvalue weighted by Crippen LogP contribution is -2.15. The summed E-state index contributed by atoms with van der Waals surface area (Å²) in [5, 5.41) is 0. The molecule has 0 bridgehead atoms. The summed E-state index contributed by atoms with van der Waals surface area (Å²) in [7, 11) is 0. The summed E-state index contributed by atoms with van der Waals surface area (Å²) >= 11 is 0. The molecule has 0 aromatic heterocycles. The number of aryl methyl sites for hydroxylation is 1. The molecule has 0 radical (unpaired) electrons. The van der Waals surface area contributed by atoms with Gasteiger partial charge in [-0.05, 0) is 67.6 Å². The van der Waals surface area contributed by atoms with Crippen molar-refractivity contribution in [2.24, 2.45) is 11.7 Å². The van der Waals surface area contributed by atoms with Crippen molar-refractivity contribution in [3.8, 4) is 11.5 Å². The van der Waals surface area contributed by atoms with E-state index in [9.17, 15) is 0 Å². The van der Waals surface area contributed by atoms with Gasteiger partial charge in [0.25, 0.3) is 0 Å². The van der Waals surface area contributed by atoms with Crippen LogP contribution in [0.3, 0.4) is 0 Å². The van der Waals surface area contributed by atoms with Crippen molar-refractivity contribution >= 4 is 0 Å². The smallest absolute Gasteiger partial charge is 0.122 e. The predicted molar refractivity (Wildman–Crippen MR) is 105 cm³/mol. The highest BCUT2D eigenvalue weighted by atomic mass is 16.5. The van der Waals surface area contributed by atoms with Crippen LogP contribution in [-0.4, -0.2) is 19.8 Å². The Kier molecular flexibility index (Phi) is 7.32. The SMILES string of the molecule is CCOc1ccc(C(CN)Cc2cccc(OCC(C)C)c2)cc1C. The van der Waals surface area contributed by atoms with E-state index in [0.717, 1.165) is 30.1 Å². The highest BCUT2D eigenvalue weighted by Crippen LogP contribution is 2.27. The number of hydrogen-bond acceptors (Lipinski definition) is 3. The predicted octanol–water partition coefficient (Wildman–Crippen LogP) is 4.71. The van der Waals surface area contributed by atoms with Crippen molar-refractivity contribution in [2.45, 2.75) is 40.0 Å². The van der Waals surface area contributed by atoms with Crippen LogP contribution in [0.2, 0.25) is 0 Å². The number of rotatable bonds is 9. The van der Waals surface area contributed by atoms with E-state index in [1.807, 2.05) is 13.0 Å². The molecule has 0 aliphatic heterocycles. The van der Waals surface area contributed by atoms with Crippen LogP contribution in [0.5, 0.6) is 11.5 Å². The molecule has 0 heterocycles. The first kappa shape index (κ1) is 19.3. The molecule has 0 amide bonds. The summed E-state index contributed by atoms with van der Waals surface area (Å²) in [6, 6.07) is 14.7. The van der Waals surface area contributed by atoms with Gasteiger partial charge in [-0.1, -0.05) is 38.1 Å². The molecule has 3 nitrogen and oxygen atoms in total. The largest absolute Gasteiger partial charge is 0.494 e. The molecule has 1 atom stereocenters. The van der Waals surface area contributed by atoms with Crippen LogP contribution in [0, 0.1) is 12.8 Å². The van der Waals surface area contributed by atoms with Crippen molar-refractivity contribution in [3.05, 3.63) is 59.2 Å². The van der Waals surface area contributed by atoms with E-state index in [-0.39, 0.29) is 5.92 Å². The second-order valence-corrected chi connectivity index (χ2v) is 6.95. The van der Waals surface area contributed by atoms with Gasteiger partial charge in [0.1, 0.15) is 11.5 Å². The van der Waals surface area contributed by atoms with E-state index in [2.05, 4.69) is 57.2 Å². The molecule has 0 aliphatic rings. The van der Waals surface area contributed by atoms with E-state index in [4.69, 9.17) is 15.2 Å². The summed E-state index contributed by atoms with van der Waals surface area (Å²) in [5.41, 5.74) is 9.75. The number of benzene rings is 2. The Morgan fingerprint density at radius 2 is 1.84 bits per heavy atom. The van der Waals surface area contributed by atoms with E-state index >= 15 is 0 Å². The van der Waals surface area contributed by atoms with Crippen molar-refractivity contribution in [1.29, 1.82) is 0 Å². The van der Waals surface area contributed by atoms with Gasteiger partial charge in [0, 0.05) is 5.92 Å². The molecular weight excluding hydrogens is 310 g/mol. The van der Waals surface area contributed by atoms with Crippen LogP contribution in [0.15, 0.2) is 42.5 Å². The van der Waals surface area contributed by atoms with Gasteiger partial charge in [-0.25, -0.2) is 0 Å². The van der Waals surface area contributed by atoms with Crippen LogP contribution in [-0.2, 0) is 6.42 Å². The third-order valence-electron chi connectivity index (χ3n) is 4.22. The van der Waals surface area contributed by atoms with Gasteiger partial charge in [0.2, 0.25) is 0 Å². The van der Waals surface area contributed by atoms with Crippen molar-refractivity contribution in [1.82, 2.24) is 0 Å². The summed E-state index contributed by atoms with van der Waals surface area (Å²) in [6.07, 6.45) is 0.906. The van der Waals surface area contributed by atoms with Gasteiger partial charge in [-0.3, -0.25) is 0 Å². The maximum atomic E-state index is 6.07. The first-order valence-corrected chi connectivity index (χ1v) is 9.18. The maximum absolute atomic E-state index is 6.07. The maximum Gasteiger partial charge on any atom is 0.122 e. The summed E-state index contributed by atoms with van der Waals surface area (Å²) in [4.78, 5) is 0. The van der Waals surface area contributed by atoms with Crippen molar-refractivity contribution in [2.75, 3.05) is 19.8 Å². The first-order valence-electron chi connectivity index (χ1n) is 9.18. The molecule has 2 aromatic rings. The lowest BCUT2D eigenvalue weighted by atomic mass is 9.91. The van der Waals surface area contributed by atoms with Gasteiger partial charge in [-0.15, -0.1) is 0 Å². The highest BCUT2D eigenvalue weighted by Gasteiger charge is 2.13. The molecule has 1 unspecified atom stereocenters. The second kappa shape index (κ2) is 9.47. The summed E-state index contributed by atoms with van der Waals surface area (Å²) in [6.45, 7) is 10.4. The third-order valence-corrected chi connectivity index (χ3v) is 4.22. The Morgan fingerprint density at radius 1 is 1.04 bits per heavy atom. The fourth-order valence-corrected chi connectivity index (χ4v) is 2.89. The molecule has 0 fully saturated rings. The van der Waals surface area contributed by atoms with E-state index in [0.29, 0.717) is 19.1 Å². The van der Waals surface area contributed by atoms with Crippen molar-refractivity contribution < 1.29 is 9.47 Å². The molecule has 2 rings (SSSR count). The summed E-state index contributed by atoms with van der Waals surface area (Å²) < 4.78 is 11.5. The monoisotopic (exact) mass is 341 g/mol. The van der Waals surface area contributed by atoms with Gasteiger partial charge >= 0.3 is 0 Å². The molecular formula is C22H31NO2. The van der Waals surface area contributed by atoms with Gasteiger partial charge < -0.3 is 15.2 Å². The van der Waals surface area contributed by atoms with E-state index < -0.39 is 0 Å². The molecule has 2 aromatic carbocycles. The Labute approximate surface area is 152 Å². The Balaban J connectivity index is 2.11. The second-order valence-electron chi connectivity index (χ2n) is 6.95. The zero-order chi connectivity index (χ0) is 18.2. The fourth-order valence-electron chi connectivity index (χ4n) is 2.89. The molecule has 0 saturated carbocycles. The van der Waals surface area contributed by atoms with Crippen LogP contribution >= 0.6 is 0 Å². The lowest BCUT2D eigenvalue weighted by molar-refractivity contribution is 0.271. The van der Waals surface area contributed by atoms with Crippen LogP contribution in [0.4, 0.5) is 0 Å². The Morgan fingerprint density at radius 3 is 2.48 bits per heavy atom. The standard InChI is InChI=1S/C22H31NO2/c1-5-24-22-10-9-19(11-17(22)4)20(14-23)12-18-7-6-8-21(13-18)25-15-16(2)3/h6-11,13,16,20H,5,12,14-15,23H2,1-4H3. The quantitative estimate of drug-likeness (QED) is 0.718. The Hall–Kier alpha value is -2.00. The molecule has 2 N–H and O–H groups in total. The molecule has 0 aliphatic carbocycles. The summed E-state index contributed by atoms with van der Waals surface area (Å²) in [5.74, 6) is 2.69. The number of hydrogen-bond donors (Lipinski definition) is 1. The van der Waals surface area contributed by atoms with Gasteiger partial charge in [0.15, 0.2) is 0 Å². The van der Waals surface area contributed by atoms with E-state index in [1.165, 1.54) is 11.1 Å². The van der Waals surface area contributed by atoms with Gasteiger partial charge in [-0.2, -0.15) is 0 Å². The zero-order valence-corrected chi connectivity index (χ0v) is 15.9. The minimum Gasteiger partial charge on any atom is -0.494 e. The Bertz CT molecular complexity index is 667. The topological polar surface area (TPSA) is 44.5 Å². The minimum absolute atomic E-state index is 0.287. The third kappa shape index (κ3) is 5.79. The van der Waals surface area contributed by atoms with Crippen LogP contribution in [0.25, 0.3) is 0 Å². The first-order chi connectivity index (χ1) is 12.0. The van der Waals surface area contributed by atoms with E-state index in [1.54, 1.807) is 0 Å². The number of ether oxygens (including phenoxy) is 2. The van der Waals surface area contributed by atoms with Crippen LogP contribution in [0.1, 0.15) is 43.4 Å². The molecule has 136 valence electrons. The highest BCUT2D eigenvalue weighted by molar-refractivity contribution is 5.39. The number of nitrogens with two attached hydrogens (primary N) is 1. The molecule has 0 spiro atoms. The molecule has 0 saturated heterocycles. The average Bonchev–Trinajstić information content (AvgIpc) is 2.60. The van der Waals surface area contributed by atoms with Gasteiger partial charge in [0.05, 0.1) is 13.2 Å². The zero-order valence-electron chi connectivity index (χ0n) is 15.9. The normalized spacial score (nSPS) is 12.2. The molecule has 25 heavy (non-hydrogen) atoms. The van der Waals surface area contributed by atoms with Crippen molar-refractivity contribution in [3.63, 3.8) is 0 Å². The minimum atomic E-state index is 0.287. The molecule has 3 heteroatoms. The lowest BCUT2D eigenvalue weighted by Gasteiger charge is -2.18. The van der Waals surface area contributed by atoms with Crippen LogP contribution < -0.4 is 15.2 Å². The average molecular weight is 341 g/mol.